The van der Waals surface area contributed by atoms with Crippen LogP contribution in [0.5, 0.6) is 0 Å². The smallest absolute Gasteiger partial charge is 0.146 e. The standard InChI is InChI=1S/C7H15NO/c1-4-5-8-6(2)7(3)9/h6,8H,4-5H2,1-3H3/t6-/m1/s1. The molecule has 0 aliphatic rings. The molecule has 1 atom stereocenters. The molecule has 0 fully saturated rings. The van der Waals surface area contributed by atoms with Crippen molar-refractivity contribution >= 4 is 5.78 Å². The first-order valence-corrected chi connectivity index (χ1v) is 3.42. The Kier molecular flexibility index (Phi) is 4.32. The monoisotopic (exact) mass is 129 g/mol. The Labute approximate surface area is 56.6 Å². The van der Waals surface area contributed by atoms with Gasteiger partial charge in [-0.05, 0) is 26.8 Å². The maximum Gasteiger partial charge on any atom is 0.146 e. The van der Waals surface area contributed by atoms with Crippen molar-refractivity contribution in [3.8, 4) is 0 Å². The number of rotatable bonds is 4. The molecule has 0 rings (SSSR count). The predicted molar refractivity (Wildman–Crippen MR) is 38.4 cm³/mol. The van der Waals surface area contributed by atoms with Gasteiger partial charge in [-0.25, -0.2) is 0 Å². The summed E-state index contributed by atoms with van der Waals surface area (Å²) < 4.78 is 0. The highest BCUT2D eigenvalue weighted by Crippen LogP contribution is 1.82. The average molecular weight is 129 g/mol. The molecule has 0 saturated carbocycles. The Balaban J connectivity index is 3.27. The van der Waals surface area contributed by atoms with Crippen molar-refractivity contribution < 1.29 is 4.79 Å². The van der Waals surface area contributed by atoms with Crippen LogP contribution in [0.1, 0.15) is 27.2 Å². The van der Waals surface area contributed by atoms with Gasteiger partial charge in [-0.15, -0.1) is 0 Å². The second-order valence-corrected chi connectivity index (χ2v) is 2.29. The molecule has 0 aliphatic heterocycles. The highest BCUT2D eigenvalue weighted by Gasteiger charge is 2.03. The first-order chi connectivity index (χ1) is 4.18. The van der Waals surface area contributed by atoms with Gasteiger partial charge in [0.05, 0.1) is 6.04 Å². The van der Waals surface area contributed by atoms with Crippen LogP contribution in [-0.4, -0.2) is 18.4 Å². The van der Waals surface area contributed by atoms with E-state index in [-0.39, 0.29) is 11.8 Å². The molecule has 0 radical (unpaired) electrons. The Bertz CT molecular complexity index is 90.9. The van der Waals surface area contributed by atoms with Crippen molar-refractivity contribution in [2.45, 2.75) is 33.2 Å². The van der Waals surface area contributed by atoms with Crippen molar-refractivity contribution in [1.29, 1.82) is 0 Å². The Hall–Kier alpha value is -0.370. The van der Waals surface area contributed by atoms with Crippen molar-refractivity contribution in [3.63, 3.8) is 0 Å². The predicted octanol–water partition coefficient (Wildman–Crippen LogP) is 0.963. The van der Waals surface area contributed by atoms with E-state index in [9.17, 15) is 4.79 Å². The SMILES string of the molecule is CCCN[C@H](C)C(C)=O. The summed E-state index contributed by atoms with van der Waals surface area (Å²) in [6.45, 7) is 6.51. The topological polar surface area (TPSA) is 29.1 Å². The van der Waals surface area contributed by atoms with Crippen LogP contribution >= 0.6 is 0 Å². The van der Waals surface area contributed by atoms with E-state index < -0.39 is 0 Å². The van der Waals surface area contributed by atoms with Gasteiger partial charge < -0.3 is 5.32 Å². The van der Waals surface area contributed by atoms with Gasteiger partial charge >= 0.3 is 0 Å². The number of Topliss-reactive ketones (excluding diaryl/α,β-unsaturated/α-hetero) is 1. The van der Waals surface area contributed by atoms with Gasteiger partial charge in [0, 0.05) is 0 Å². The fourth-order valence-corrected chi connectivity index (χ4v) is 0.505. The number of carbonyl (C=O) groups excluding carboxylic acids is 1. The third kappa shape index (κ3) is 4.15. The van der Waals surface area contributed by atoms with Gasteiger partial charge in [-0.3, -0.25) is 4.79 Å². The Morgan fingerprint density at radius 1 is 1.67 bits per heavy atom. The van der Waals surface area contributed by atoms with E-state index in [1.54, 1.807) is 6.92 Å². The van der Waals surface area contributed by atoms with Gasteiger partial charge in [-0.1, -0.05) is 6.92 Å². The zero-order chi connectivity index (χ0) is 7.28. The Morgan fingerprint density at radius 3 is 2.56 bits per heavy atom. The van der Waals surface area contributed by atoms with Gasteiger partial charge in [0.1, 0.15) is 5.78 Å². The fourth-order valence-electron chi connectivity index (χ4n) is 0.505. The minimum atomic E-state index is 0.0324. The zero-order valence-electron chi connectivity index (χ0n) is 6.40. The molecule has 0 spiro atoms. The van der Waals surface area contributed by atoms with Crippen molar-refractivity contribution in [3.05, 3.63) is 0 Å². The van der Waals surface area contributed by atoms with E-state index >= 15 is 0 Å². The number of nitrogens with one attached hydrogen (secondary N) is 1. The molecule has 2 nitrogen and oxygen atoms in total. The minimum Gasteiger partial charge on any atom is -0.308 e. The normalized spacial score (nSPS) is 13.2. The molecule has 0 aromatic carbocycles. The van der Waals surface area contributed by atoms with Crippen LogP contribution in [0.25, 0.3) is 0 Å². The Morgan fingerprint density at radius 2 is 2.22 bits per heavy atom. The molecular formula is C7H15NO. The summed E-state index contributed by atoms with van der Waals surface area (Å²) in [7, 11) is 0. The third-order valence-corrected chi connectivity index (χ3v) is 1.31. The second kappa shape index (κ2) is 4.50. The van der Waals surface area contributed by atoms with E-state index in [1.807, 2.05) is 6.92 Å². The molecule has 0 heterocycles. The van der Waals surface area contributed by atoms with Crippen LogP contribution < -0.4 is 5.32 Å². The van der Waals surface area contributed by atoms with Crippen LogP contribution in [-0.2, 0) is 4.79 Å². The van der Waals surface area contributed by atoms with Crippen LogP contribution in [0.4, 0.5) is 0 Å². The lowest BCUT2D eigenvalue weighted by Crippen LogP contribution is -2.32. The van der Waals surface area contributed by atoms with Crippen LogP contribution in [0.2, 0.25) is 0 Å². The summed E-state index contributed by atoms with van der Waals surface area (Å²) >= 11 is 0. The molecule has 1 N–H and O–H groups in total. The maximum atomic E-state index is 10.6. The molecule has 0 bridgehead atoms. The number of hydrogen-bond acceptors (Lipinski definition) is 2. The molecule has 0 unspecified atom stereocenters. The van der Waals surface area contributed by atoms with E-state index in [0.29, 0.717) is 0 Å². The van der Waals surface area contributed by atoms with Crippen LogP contribution in [0, 0.1) is 0 Å². The lowest BCUT2D eigenvalue weighted by Gasteiger charge is -2.07. The van der Waals surface area contributed by atoms with Crippen molar-refractivity contribution in [2.24, 2.45) is 0 Å². The average Bonchev–Trinajstić information content (AvgIpc) is 1.82. The first kappa shape index (κ1) is 8.63. The summed E-state index contributed by atoms with van der Waals surface area (Å²) in [4.78, 5) is 10.6. The molecule has 0 amide bonds. The summed E-state index contributed by atoms with van der Waals surface area (Å²) in [5.74, 6) is 0.212. The molecular weight excluding hydrogens is 114 g/mol. The fraction of sp³-hybridized carbons (Fsp3) is 0.857. The molecule has 54 valence electrons. The van der Waals surface area contributed by atoms with Gasteiger partial charge in [-0.2, -0.15) is 0 Å². The molecule has 0 saturated heterocycles. The summed E-state index contributed by atoms with van der Waals surface area (Å²) in [6.07, 6.45) is 1.08. The zero-order valence-corrected chi connectivity index (χ0v) is 6.40. The van der Waals surface area contributed by atoms with Crippen molar-refractivity contribution in [2.75, 3.05) is 6.54 Å². The number of hydrogen-bond donors (Lipinski definition) is 1. The number of carbonyl (C=O) groups is 1. The second-order valence-electron chi connectivity index (χ2n) is 2.29. The lowest BCUT2D eigenvalue weighted by atomic mass is 10.2. The molecule has 0 aromatic heterocycles. The van der Waals surface area contributed by atoms with Gasteiger partial charge in [0.15, 0.2) is 0 Å². The van der Waals surface area contributed by atoms with Crippen LogP contribution in [0.3, 0.4) is 0 Å². The van der Waals surface area contributed by atoms with E-state index in [0.717, 1.165) is 13.0 Å². The number of ketones is 1. The highest BCUT2D eigenvalue weighted by molar-refractivity contribution is 5.80. The molecule has 9 heavy (non-hydrogen) atoms. The third-order valence-electron chi connectivity index (χ3n) is 1.31. The summed E-state index contributed by atoms with van der Waals surface area (Å²) in [5, 5.41) is 3.08. The summed E-state index contributed by atoms with van der Waals surface area (Å²) in [5.41, 5.74) is 0. The van der Waals surface area contributed by atoms with E-state index in [4.69, 9.17) is 0 Å². The first-order valence-electron chi connectivity index (χ1n) is 3.42. The van der Waals surface area contributed by atoms with Crippen molar-refractivity contribution in [1.82, 2.24) is 5.32 Å². The molecule has 0 aromatic rings. The summed E-state index contributed by atoms with van der Waals surface area (Å²) in [6, 6.07) is 0.0324. The van der Waals surface area contributed by atoms with Gasteiger partial charge in [0.2, 0.25) is 0 Å². The minimum absolute atomic E-state index is 0.0324. The van der Waals surface area contributed by atoms with E-state index in [2.05, 4.69) is 12.2 Å². The lowest BCUT2D eigenvalue weighted by molar-refractivity contribution is -0.118. The molecule has 2 heteroatoms. The van der Waals surface area contributed by atoms with E-state index in [1.165, 1.54) is 0 Å². The quantitative estimate of drug-likeness (QED) is 0.612. The molecule has 0 aliphatic carbocycles. The van der Waals surface area contributed by atoms with Gasteiger partial charge in [0.25, 0.3) is 0 Å². The van der Waals surface area contributed by atoms with Crippen LogP contribution in [0.15, 0.2) is 0 Å². The highest BCUT2D eigenvalue weighted by atomic mass is 16.1. The maximum absolute atomic E-state index is 10.6. The largest absolute Gasteiger partial charge is 0.308 e.